The molecule has 0 aliphatic heterocycles. The fourth-order valence-corrected chi connectivity index (χ4v) is 1.72. The summed E-state index contributed by atoms with van der Waals surface area (Å²) in [5, 5.41) is 24.6. The summed E-state index contributed by atoms with van der Waals surface area (Å²) in [5.74, 6) is -0.605. The summed E-state index contributed by atoms with van der Waals surface area (Å²) in [7, 11) is 0. The van der Waals surface area contributed by atoms with Crippen LogP contribution in [0.3, 0.4) is 0 Å². The molecule has 108 valence electrons. The number of benzene rings is 1. The van der Waals surface area contributed by atoms with E-state index in [-0.39, 0.29) is 28.0 Å². The number of hydrogen-bond acceptors (Lipinski definition) is 8. The smallest absolute Gasteiger partial charge is 0.353 e. The van der Waals surface area contributed by atoms with Gasteiger partial charge < -0.3 is 11.1 Å². The first-order valence-electron chi connectivity index (χ1n) is 5.36. The van der Waals surface area contributed by atoms with Crippen LogP contribution in [-0.4, -0.2) is 19.8 Å². The van der Waals surface area contributed by atoms with Gasteiger partial charge in [0.15, 0.2) is 0 Å². The van der Waals surface area contributed by atoms with Gasteiger partial charge in [-0.1, -0.05) is 11.6 Å². The molecule has 0 saturated heterocycles. The van der Waals surface area contributed by atoms with Gasteiger partial charge in [-0.25, -0.2) is 9.97 Å². The van der Waals surface area contributed by atoms with Crippen molar-refractivity contribution in [3.05, 3.63) is 49.8 Å². The predicted molar refractivity (Wildman–Crippen MR) is 74.5 cm³/mol. The zero-order chi connectivity index (χ0) is 15.6. The number of halogens is 1. The number of nitrogens with one attached hydrogen (secondary N) is 1. The fourth-order valence-electron chi connectivity index (χ4n) is 1.55. The van der Waals surface area contributed by atoms with E-state index in [9.17, 15) is 20.2 Å². The largest absolute Gasteiger partial charge is 0.378 e. The first kappa shape index (κ1) is 14.4. The average molecular weight is 311 g/mol. The fraction of sp³-hybridized carbons (Fsp3) is 0. The maximum Gasteiger partial charge on any atom is 0.353 e. The number of nitro benzene ring substituents is 1. The first-order valence-corrected chi connectivity index (χ1v) is 5.73. The maximum atomic E-state index is 11.0. The monoisotopic (exact) mass is 310 g/mol. The number of nitrogens with two attached hydrogens (primary N) is 1. The van der Waals surface area contributed by atoms with Crippen molar-refractivity contribution in [1.82, 2.24) is 9.97 Å². The second kappa shape index (κ2) is 5.54. The molecule has 0 fully saturated rings. The molecule has 0 aliphatic carbocycles. The van der Waals surface area contributed by atoms with Gasteiger partial charge in [-0.15, -0.1) is 0 Å². The van der Waals surface area contributed by atoms with Crippen molar-refractivity contribution in [2.24, 2.45) is 0 Å². The van der Waals surface area contributed by atoms with E-state index < -0.39 is 15.5 Å². The van der Waals surface area contributed by atoms with Crippen LogP contribution >= 0.6 is 11.6 Å². The van der Waals surface area contributed by atoms with Crippen LogP contribution in [-0.2, 0) is 0 Å². The van der Waals surface area contributed by atoms with E-state index in [0.717, 1.165) is 12.4 Å². The van der Waals surface area contributed by atoms with Crippen LogP contribution in [0.25, 0.3) is 0 Å². The highest BCUT2D eigenvalue weighted by molar-refractivity contribution is 6.30. The Morgan fingerprint density at radius 1 is 1.19 bits per heavy atom. The topological polar surface area (TPSA) is 150 Å². The molecular formula is C10H7ClN6O4. The van der Waals surface area contributed by atoms with Gasteiger partial charge in [-0.2, -0.15) is 0 Å². The maximum absolute atomic E-state index is 11.0. The van der Waals surface area contributed by atoms with E-state index in [2.05, 4.69) is 15.3 Å². The standard InChI is InChI=1S/C10H7ClN6O4/c11-5-1-2-6(7(3-5)16(18)19)15-10-8(17(20)21)9(12)13-4-14-10/h1-4H,(H3,12,13,14,15). The van der Waals surface area contributed by atoms with E-state index in [1.807, 2.05) is 0 Å². The highest BCUT2D eigenvalue weighted by atomic mass is 35.5. The van der Waals surface area contributed by atoms with Gasteiger partial charge in [0.25, 0.3) is 5.69 Å². The molecule has 1 aromatic carbocycles. The number of anilines is 3. The Hall–Kier alpha value is -3.01. The Labute approximate surface area is 121 Å². The predicted octanol–water partition coefficient (Wildman–Crippen LogP) is 2.27. The third-order valence-electron chi connectivity index (χ3n) is 2.44. The molecule has 11 heteroatoms. The summed E-state index contributed by atoms with van der Waals surface area (Å²) in [6.07, 6.45) is 1.01. The lowest BCUT2D eigenvalue weighted by atomic mass is 10.2. The third-order valence-corrected chi connectivity index (χ3v) is 2.68. The minimum atomic E-state index is -0.778. The van der Waals surface area contributed by atoms with E-state index in [1.54, 1.807) is 0 Å². The van der Waals surface area contributed by atoms with Gasteiger partial charge in [0.1, 0.15) is 12.0 Å². The van der Waals surface area contributed by atoms with Gasteiger partial charge in [-0.05, 0) is 12.1 Å². The van der Waals surface area contributed by atoms with Crippen LogP contribution in [0.15, 0.2) is 24.5 Å². The van der Waals surface area contributed by atoms with Crippen LogP contribution in [0.1, 0.15) is 0 Å². The summed E-state index contributed by atoms with van der Waals surface area (Å²) in [4.78, 5) is 27.7. The van der Waals surface area contributed by atoms with Crippen LogP contribution in [0.4, 0.5) is 28.7 Å². The van der Waals surface area contributed by atoms with E-state index in [1.165, 1.54) is 12.1 Å². The van der Waals surface area contributed by atoms with Crippen molar-refractivity contribution < 1.29 is 9.85 Å². The highest BCUT2D eigenvalue weighted by Crippen LogP contribution is 2.34. The Morgan fingerprint density at radius 2 is 1.90 bits per heavy atom. The molecule has 0 bridgehead atoms. The number of nitrogens with zero attached hydrogens (tertiary/aromatic N) is 4. The van der Waals surface area contributed by atoms with Crippen LogP contribution in [0.5, 0.6) is 0 Å². The lowest BCUT2D eigenvalue weighted by Crippen LogP contribution is -2.06. The van der Waals surface area contributed by atoms with Crippen molar-refractivity contribution in [3.8, 4) is 0 Å². The Balaban J connectivity index is 2.51. The summed E-state index contributed by atoms with van der Waals surface area (Å²) in [5.41, 5.74) is 4.48. The summed E-state index contributed by atoms with van der Waals surface area (Å²) >= 11 is 5.68. The van der Waals surface area contributed by atoms with Gasteiger partial charge in [0, 0.05) is 11.1 Å². The van der Waals surface area contributed by atoms with E-state index in [4.69, 9.17) is 17.3 Å². The lowest BCUT2D eigenvalue weighted by Gasteiger charge is -2.07. The molecule has 10 nitrogen and oxygen atoms in total. The lowest BCUT2D eigenvalue weighted by molar-refractivity contribution is -0.384. The first-order chi connectivity index (χ1) is 9.90. The van der Waals surface area contributed by atoms with Gasteiger partial charge in [0.05, 0.1) is 9.85 Å². The molecule has 2 rings (SSSR count). The summed E-state index contributed by atoms with van der Waals surface area (Å²) < 4.78 is 0. The average Bonchev–Trinajstić information content (AvgIpc) is 2.40. The second-order valence-corrected chi connectivity index (χ2v) is 4.19. The molecule has 0 radical (unpaired) electrons. The minimum absolute atomic E-state index is 0.00870. The van der Waals surface area contributed by atoms with Crippen LogP contribution < -0.4 is 11.1 Å². The number of nitro groups is 2. The van der Waals surface area contributed by atoms with Crippen molar-refractivity contribution in [2.75, 3.05) is 11.1 Å². The molecule has 0 saturated carbocycles. The van der Waals surface area contributed by atoms with E-state index >= 15 is 0 Å². The number of hydrogen-bond donors (Lipinski definition) is 2. The molecule has 3 N–H and O–H groups in total. The molecule has 0 amide bonds. The van der Waals surface area contributed by atoms with Gasteiger partial charge in [0.2, 0.25) is 11.6 Å². The minimum Gasteiger partial charge on any atom is -0.378 e. The zero-order valence-corrected chi connectivity index (χ0v) is 10.9. The molecule has 2 aromatic rings. The number of nitrogen functional groups attached to an aromatic ring is 1. The second-order valence-electron chi connectivity index (χ2n) is 3.76. The molecule has 0 spiro atoms. The third kappa shape index (κ3) is 2.95. The number of rotatable bonds is 4. The molecule has 1 aromatic heterocycles. The van der Waals surface area contributed by atoms with E-state index in [0.29, 0.717) is 0 Å². The Kier molecular flexibility index (Phi) is 3.80. The van der Waals surface area contributed by atoms with Crippen molar-refractivity contribution in [2.45, 2.75) is 0 Å². The van der Waals surface area contributed by atoms with Crippen molar-refractivity contribution in [3.63, 3.8) is 0 Å². The summed E-state index contributed by atoms with van der Waals surface area (Å²) in [6, 6.07) is 3.82. The zero-order valence-electron chi connectivity index (χ0n) is 10.2. The van der Waals surface area contributed by atoms with Crippen LogP contribution in [0, 0.1) is 20.2 Å². The van der Waals surface area contributed by atoms with Crippen LogP contribution in [0.2, 0.25) is 5.02 Å². The van der Waals surface area contributed by atoms with Crippen molar-refractivity contribution in [1.29, 1.82) is 0 Å². The van der Waals surface area contributed by atoms with Gasteiger partial charge >= 0.3 is 5.69 Å². The molecule has 0 aliphatic rings. The molecular weight excluding hydrogens is 304 g/mol. The number of aromatic nitrogens is 2. The SMILES string of the molecule is Nc1ncnc(Nc2ccc(Cl)cc2[N+](=O)[O-])c1[N+](=O)[O-]. The molecule has 0 unspecified atom stereocenters. The summed E-state index contributed by atoms with van der Waals surface area (Å²) in [6.45, 7) is 0. The van der Waals surface area contributed by atoms with Crippen molar-refractivity contribution >= 4 is 40.3 Å². The highest BCUT2D eigenvalue weighted by Gasteiger charge is 2.23. The Morgan fingerprint density at radius 3 is 2.52 bits per heavy atom. The Bertz CT molecular complexity index is 737. The molecule has 0 atom stereocenters. The quantitative estimate of drug-likeness (QED) is 0.644. The normalized spacial score (nSPS) is 10.1. The molecule has 1 heterocycles. The van der Waals surface area contributed by atoms with Gasteiger partial charge in [-0.3, -0.25) is 20.2 Å². The molecule has 21 heavy (non-hydrogen) atoms.